The van der Waals surface area contributed by atoms with Crippen LogP contribution in [0.25, 0.3) is 72.9 Å². The third-order valence-corrected chi connectivity index (χ3v) is 8.76. The van der Waals surface area contributed by atoms with Crippen molar-refractivity contribution in [3.05, 3.63) is 137 Å². The summed E-state index contributed by atoms with van der Waals surface area (Å²) in [6.07, 6.45) is 3.23. The van der Waals surface area contributed by atoms with E-state index in [9.17, 15) is 35.7 Å². The first kappa shape index (κ1) is 30.8. The van der Waals surface area contributed by atoms with Gasteiger partial charge in [-0.3, -0.25) is 0 Å². The maximum absolute atomic E-state index is 11.1. The molecule has 0 amide bonds. The van der Waals surface area contributed by atoms with E-state index in [0.29, 0.717) is 27.7 Å². The Balaban J connectivity index is 1.66. The average molecular weight is 651 g/mol. The van der Waals surface area contributed by atoms with Crippen LogP contribution in [0, 0.1) is 0 Å². The van der Waals surface area contributed by atoms with Gasteiger partial charge in [-0.15, -0.1) is 0 Å². The van der Waals surface area contributed by atoms with Gasteiger partial charge in [-0.25, -0.2) is 0 Å². The number of hydrogen-bond acceptors (Lipinski definition) is 8. The molecule has 8 nitrogen and oxygen atoms in total. The zero-order valence-electron chi connectivity index (χ0n) is 26.1. The highest BCUT2D eigenvalue weighted by molar-refractivity contribution is 6.21. The van der Waals surface area contributed by atoms with Crippen LogP contribution >= 0.6 is 0 Å². The lowest BCUT2D eigenvalue weighted by molar-refractivity contribution is 0.315. The molecule has 0 aliphatic heterocycles. The number of aromatic hydroxyl groups is 4. The van der Waals surface area contributed by atoms with Crippen molar-refractivity contribution in [1.82, 2.24) is 0 Å². The van der Waals surface area contributed by atoms with E-state index < -0.39 is 45.5 Å². The fourth-order valence-corrected chi connectivity index (χ4v) is 6.52. The van der Waals surface area contributed by atoms with E-state index in [4.69, 9.17) is 4.42 Å². The summed E-state index contributed by atoms with van der Waals surface area (Å²) in [5, 5.41) is 77.1. The highest BCUT2D eigenvalue weighted by atomic mass is 16.4. The molecule has 0 aliphatic rings. The van der Waals surface area contributed by atoms with E-state index in [0.717, 1.165) is 45.3 Å². The summed E-state index contributed by atoms with van der Waals surface area (Å²) in [6.45, 7) is 5.23. The molecule has 49 heavy (non-hydrogen) atoms. The molecule has 0 saturated heterocycles. The summed E-state index contributed by atoms with van der Waals surface area (Å²) in [5.41, 5.74) is 4.74. The molecule has 0 atom stereocenters. The summed E-state index contributed by atoms with van der Waals surface area (Å²) in [6, 6.07) is 30.8. The number of aliphatic hydroxyl groups excluding tert-OH is 3. The highest BCUT2D eigenvalue weighted by Crippen LogP contribution is 2.46. The molecule has 242 valence electrons. The Morgan fingerprint density at radius 1 is 0.633 bits per heavy atom. The van der Waals surface area contributed by atoms with Crippen molar-refractivity contribution in [1.29, 1.82) is 0 Å². The molecule has 1 heterocycles. The van der Waals surface area contributed by atoms with E-state index in [1.54, 1.807) is 6.08 Å². The van der Waals surface area contributed by atoms with Crippen LogP contribution in [0.5, 0.6) is 23.0 Å². The SMILES string of the molecule is C=Cc1c(-c2ccccc2)oc2cccc(-c3c4ccccc4c(\C=c4/c(O)c(O)c(O)c(O)/c4=C(O)/C(O)=C(\C)O)c4ccccc34)c12. The van der Waals surface area contributed by atoms with Crippen molar-refractivity contribution in [2.45, 2.75) is 6.92 Å². The van der Waals surface area contributed by atoms with Crippen LogP contribution in [-0.4, -0.2) is 35.7 Å². The van der Waals surface area contributed by atoms with E-state index in [1.807, 2.05) is 97.1 Å². The van der Waals surface area contributed by atoms with Crippen LogP contribution in [0.15, 0.2) is 120 Å². The van der Waals surface area contributed by atoms with Gasteiger partial charge in [-0.1, -0.05) is 104 Å². The normalized spacial score (nSPS) is 13.2. The number of benzene rings is 6. The summed E-state index contributed by atoms with van der Waals surface area (Å²) in [5.74, 6) is -6.06. The van der Waals surface area contributed by atoms with Crippen LogP contribution in [0.4, 0.5) is 0 Å². The second kappa shape index (κ2) is 11.8. The zero-order valence-corrected chi connectivity index (χ0v) is 26.1. The van der Waals surface area contributed by atoms with Crippen molar-refractivity contribution in [3.63, 3.8) is 0 Å². The molecule has 7 N–H and O–H groups in total. The van der Waals surface area contributed by atoms with Gasteiger partial charge in [0.25, 0.3) is 0 Å². The topological polar surface area (TPSA) is 155 Å². The van der Waals surface area contributed by atoms with Crippen LogP contribution in [0.2, 0.25) is 0 Å². The molecular formula is C41H30O8. The van der Waals surface area contributed by atoms with E-state index >= 15 is 0 Å². The standard InChI is InChI=1S/C41H30O8/c1-3-23-33-28(18-11-19-31(33)49-41(23)22-12-5-4-6-13-22)32-26-16-9-7-14-24(26)29(25-15-8-10-17-27(25)32)20-30-34(37(45)35(43)21(2)42)38(46)40(48)39(47)36(30)44/h3-20,42-48H,1H2,2H3/b30-20-,35-21-,37-34-. The molecule has 1 aromatic heterocycles. The first-order valence-corrected chi connectivity index (χ1v) is 15.3. The Morgan fingerprint density at radius 2 is 1.20 bits per heavy atom. The summed E-state index contributed by atoms with van der Waals surface area (Å²) in [4.78, 5) is 0. The fraction of sp³-hybridized carbons (Fsp3) is 0.0244. The number of furan rings is 1. The predicted molar refractivity (Wildman–Crippen MR) is 192 cm³/mol. The molecule has 7 rings (SSSR count). The summed E-state index contributed by atoms with van der Waals surface area (Å²) in [7, 11) is 0. The van der Waals surface area contributed by atoms with Gasteiger partial charge in [0.2, 0.25) is 11.5 Å². The Bertz CT molecular complexity index is 2590. The molecular weight excluding hydrogens is 620 g/mol. The largest absolute Gasteiger partial charge is 0.509 e. The number of fused-ring (bicyclic) bond motifs is 3. The Kier molecular flexibility index (Phi) is 7.41. The number of rotatable bonds is 5. The third-order valence-electron chi connectivity index (χ3n) is 8.76. The van der Waals surface area contributed by atoms with Gasteiger partial charge in [0.15, 0.2) is 23.0 Å². The molecule has 0 radical (unpaired) electrons. The number of allylic oxidation sites excluding steroid dienone is 1. The summed E-state index contributed by atoms with van der Waals surface area (Å²) >= 11 is 0. The Hall–Kier alpha value is -6.80. The number of phenolic OH excluding ortho intramolecular Hbond substituents is 4. The molecule has 0 fully saturated rings. The van der Waals surface area contributed by atoms with Gasteiger partial charge in [-0.05, 0) is 57.3 Å². The minimum absolute atomic E-state index is 0.320. The van der Waals surface area contributed by atoms with Gasteiger partial charge in [0.05, 0.1) is 5.22 Å². The van der Waals surface area contributed by atoms with Crippen molar-refractivity contribution < 1.29 is 40.2 Å². The number of hydrogen-bond donors (Lipinski definition) is 7. The molecule has 0 bridgehead atoms. The molecule has 0 unspecified atom stereocenters. The Labute approximate surface area is 279 Å². The third kappa shape index (κ3) is 4.77. The van der Waals surface area contributed by atoms with Crippen LogP contribution < -0.4 is 10.4 Å². The Morgan fingerprint density at radius 3 is 1.80 bits per heavy atom. The second-order valence-electron chi connectivity index (χ2n) is 11.6. The van der Waals surface area contributed by atoms with E-state index in [-0.39, 0.29) is 5.22 Å². The fourth-order valence-electron chi connectivity index (χ4n) is 6.52. The van der Waals surface area contributed by atoms with Crippen molar-refractivity contribution >= 4 is 50.4 Å². The lowest BCUT2D eigenvalue weighted by Crippen LogP contribution is -2.29. The van der Waals surface area contributed by atoms with Crippen LogP contribution in [0.1, 0.15) is 18.1 Å². The first-order valence-electron chi connectivity index (χ1n) is 15.3. The lowest BCUT2D eigenvalue weighted by atomic mass is 9.86. The molecule has 8 heteroatoms. The number of phenols is 4. The highest BCUT2D eigenvalue weighted by Gasteiger charge is 2.24. The molecule has 6 aromatic carbocycles. The zero-order chi connectivity index (χ0) is 34.6. The van der Waals surface area contributed by atoms with Gasteiger partial charge in [0.1, 0.15) is 17.1 Å². The van der Waals surface area contributed by atoms with Crippen molar-refractivity contribution in [3.8, 4) is 45.4 Å². The predicted octanol–water partition coefficient (Wildman–Crippen LogP) is 8.38. The molecule has 0 saturated carbocycles. The van der Waals surface area contributed by atoms with Gasteiger partial charge in [0, 0.05) is 21.7 Å². The lowest BCUT2D eigenvalue weighted by Gasteiger charge is -2.17. The summed E-state index contributed by atoms with van der Waals surface area (Å²) < 4.78 is 6.44. The molecule has 0 aliphatic carbocycles. The van der Waals surface area contributed by atoms with E-state index in [1.165, 1.54) is 6.08 Å². The monoisotopic (exact) mass is 650 g/mol. The van der Waals surface area contributed by atoms with Gasteiger partial charge < -0.3 is 40.2 Å². The van der Waals surface area contributed by atoms with Crippen LogP contribution in [0.3, 0.4) is 0 Å². The second-order valence-corrected chi connectivity index (χ2v) is 11.6. The minimum Gasteiger partial charge on any atom is -0.509 e. The van der Waals surface area contributed by atoms with Gasteiger partial charge >= 0.3 is 0 Å². The van der Waals surface area contributed by atoms with Gasteiger partial charge in [-0.2, -0.15) is 0 Å². The van der Waals surface area contributed by atoms with Crippen molar-refractivity contribution in [2.75, 3.05) is 0 Å². The minimum atomic E-state index is -1.12. The smallest absolute Gasteiger partial charge is 0.205 e. The average Bonchev–Trinajstić information content (AvgIpc) is 3.52. The first-order chi connectivity index (χ1) is 23.6. The molecule has 7 aromatic rings. The number of aliphatic hydroxyl groups is 3. The maximum atomic E-state index is 11.1. The maximum Gasteiger partial charge on any atom is 0.205 e. The van der Waals surface area contributed by atoms with Crippen molar-refractivity contribution in [2.24, 2.45) is 0 Å². The van der Waals surface area contributed by atoms with Crippen LogP contribution in [-0.2, 0) is 0 Å². The van der Waals surface area contributed by atoms with E-state index in [2.05, 4.69) is 6.58 Å². The quantitative estimate of drug-likeness (QED) is 0.0424. The molecule has 0 spiro atoms.